The molecular formula is C12H16F2N3O14P3. The minimum Gasteiger partial charge on any atom is -0.386 e. The zero-order valence-electron chi connectivity index (χ0n) is 16.5. The summed E-state index contributed by atoms with van der Waals surface area (Å²) in [5, 5.41) is 13.7. The van der Waals surface area contributed by atoms with Crippen molar-refractivity contribution in [1.29, 1.82) is 0 Å². The van der Waals surface area contributed by atoms with Crippen molar-refractivity contribution < 1.29 is 65.0 Å². The molecule has 0 aromatic carbocycles. The number of phosphoric ester groups is 1. The molecule has 0 radical (unpaired) electrons. The highest BCUT2D eigenvalue weighted by Gasteiger charge is 2.60. The molecule has 2 rings (SSSR count). The van der Waals surface area contributed by atoms with Crippen LogP contribution in [0.15, 0.2) is 15.8 Å². The molecule has 3 unspecified atom stereocenters. The van der Waals surface area contributed by atoms with Crippen LogP contribution in [0.1, 0.15) is 13.2 Å². The largest absolute Gasteiger partial charge is 0.490 e. The molecule has 1 fully saturated rings. The molecule has 34 heavy (non-hydrogen) atoms. The zero-order chi connectivity index (χ0) is 26.1. The predicted molar refractivity (Wildman–Crippen MR) is 101 cm³/mol. The second kappa shape index (κ2) is 10.2. The lowest BCUT2D eigenvalue weighted by Gasteiger charge is -2.25. The van der Waals surface area contributed by atoms with Crippen molar-refractivity contribution in [2.24, 2.45) is 0 Å². The third kappa shape index (κ3) is 6.95. The number of phosphoric acid groups is 3. The maximum atomic E-state index is 15.6. The second-order valence-electron chi connectivity index (χ2n) is 6.39. The molecule has 0 amide bonds. The summed E-state index contributed by atoms with van der Waals surface area (Å²) in [7, 11) is -17.3. The highest BCUT2D eigenvalue weighted by Crippen LogP contribution is 2.66. The van der Waals surface area contributed by atoms with E-state index in [1.54, 1.807) is 16.8 Å². The molecule has 0 saturated carbocycles. The van der Waals surface area contributed by atoms with Gasteiger partial charge >= 0.3 is 29.2 Å². The summed E-state index contributed by atoms with van der Waals surface area (Å²) in [6, 6.07) is 0. The number of aliphatic hydroxyl groups is 1. The van der Waals surface area contributed by atoms with Crippen LogP contribution in [0.2, 0.25) is 0 Å². The molecule has 7 atom stereocenters. The number of nitrogens with one attached hydrogen (secondary N) is 1. The molecule has 0 spiro atoms. The van der Waals surface area contributed by atoms with Gasteiger partial charge in [-0.05, 0) is 6.92 Å². The second-order valence-corrected chi connectivity index (χ2v) is 10.8. The number of aromatic nitrogens is 3. The van der Waals surface area contributed by atoms with E-state index in [9.17, 15) is 42.6 Å². The van der Waals surface area contributed by atoms with E-state index >= 15 is 4.39 Å². The first-order valence-corrected chi connectivity index (χ1v) is 13.0. The molecule has 0 aliphatic carbocycles. The van der Waals surface area contributed by atoms with E-state index in [-0.39, 0.29) is 4.68 Å². The average Bonchev–Trinajstić information content (AvgIpc) is 2.88. The monoisotopic (exact) mass is 557 g/mol. The zero-order valence-corrected chi connectivity index (χ0v) is 19.2. The van der Waals surface area contributed by atoms with E-state index in [1.807, 2.05) is 0 Å². The van der Waals surface area contributed by atoms with Gasteiger partial charge in [0.25, 0.3) is 5.56 Å². The van der Waals surface area contributed by atoms with Crippen LogP contribution in [0.5, 0.6) is 0 Å². The van der Waals surface area contributed by atoms with Crippen LogP contribution in [-0.4, -0.2) is 70.1 Å². The van der Waals surface area contributed by atoms with Gasteiger partial charge in [0, 0.05) is 0 Å². The summed E-state index contributed by atoms with van der Waals surface area (Å²) >= 11 is 0. The Morgan fingerprint density at radius 1 is 1.26 bits per heavy atom. The van der Waals surface area contributed by atoms with Crippen LogP contribution in [0.3, 0.4) is 0 Å². The van der Waals surface area contributed by atoms with Gasteiger partial charge in [-0.1, -0.05) is 11.8 Å². The highest BCUT2D eigenvalue weighted by molar-refractivity contribution is 7.66. The Labute approximate surface area is 186 Å². The average molecular weight is 557 g/mol. The van der Waals surface area contributed by atoms with Crippen molar-refractivity contribution in [3.05, 3.63) is 27.0 Å². The van der Waals surface area contributed by atoms with Crippen molar-refractivity contribution in [1.82, 2.24) is 14.8 Å². The number of ether oxygens (including phenoxy) is 1. The van der Waals surface area contributed by atoms with Gasteiger partial charge in [-0.25, -0.2) is 27.3 Å². The van der Waals surface area contributed by atoms with Gasteiger partial charge in [0.15, 0.2) is 0 Å². The van der Waals surface area contributed by atoms with Gasteiger partial charge in [-0.15, -0.1) is 0 Å². The van der Waals surface area contributed by atoms with Gasteiger partial charge in [0.05, 0.1) is 6.10 Å². The molecular weight excluding hydrogens is 541 g/mol. The van der Waals surface area contributed by atoms with Crippen LogP contribution in [0.4, 0.5) is 8.78 Å². The Kier molecular flexibility index (Phi) is 8.54. The molecule has 192 valence electrons. The van der Waals surface area contributed by atoms with Crippen molar-refractivity contribution >= 4 is 23.5 Å². The van der Waals surface area contributed by atoms with Crippen molar-refractivity contribution in [2.75, 3.05) is 6.67 Å². The Morgan fingerprint density at radius 3 is 2.41 bits per heavy atom. The number of H-pyrrole nitrogens is 1. The normalized spacial score (nSPS) is 29.5. The van der Waals surface area contributed by atoms with Crippen LogP contribution in [0.25, 0.3) is 0 Å². The summed E-state index contributed by atoms with van der Waals surface area (Å²) in [5.41, 5.74) is -5.63. The molecule has 22 heteroatoms. The number of halogens is 2. The van der Waals surface area contributed by atoms with Crippen molar-refractivity contribution in [2.45, 2.75) is 37.1 Å². The lowest BCUT2D eigenvalue weighted by molar-refractivity contribution is -0.0829. The van der Waals surface area contributed by atoms with Gasteiger partial charge < -0.3 is 29.4 Å². The van der Waals surface area contributed by atoms with E-state index in [1.165, 1.54) is 0 Å². The fraction of sp³-hybridized carbons (Fsp3) is 0.583. The minimum atomic E-state index is -5.88. The van der Waals surface area contributed by atoms with Crippen LogP contribution >= 0.6 is 23.5 Å². The van der Waals surface area contributed by atoms with E-state index in [0.717, 1.165) is 6.92 Å². The Hall–Kier alpha value is -1.64. The van der Waals surface area contributed by atoms with Crippen LogP contribution in [-0.2, 0) is 31.6 Å². The smallest absolute Gasteiger partial charge is 0.386 e. The Bertz CT molecular complexity index is 1240. The topological polar surface area (TPSA) is 257 Å². The van der Waals surface area contributed by atoms with Crippen LogP contribution in [0, 0.1) is 11.8 Å². The van der Waals surface area contributed by atoms with Gasteiger partial charge in [-0.2, -0.15) is 18.4 Å². The molecule has 1 aliphatic heterocycles. The number of nitrogens with zero attached hydrogens (tertiary/aromatic N) is 2. The van der Waals surface area contributed by atoms with Gasteiger partial charge in [-0.3, -0.25) is 14.3 Å². The van der Waals surface area contributed by atoms with Crippen molar-refractivity contribution in [3.63, 3.8) is 0 Å². The molecule has 1 aromatic heterocycles. The fourth-order valence-corrected chi connectivity index (χ4v) is 5.91. The quantitative estimate of drug-likeness (QED) is 0.159. The molecule has 17 nitrogen and oxygen atoms in total. The lowest BCUT2D eigenvalue weighted by Crippen LogP contribution is -2.47. The highest BCUT2D eigenvalue weighted by atomic mass is 31.3. The molecule has 1 aliphatic rings. The first-order valence-electron chi connectivity index (χ1n) is 8.49. The summed E-state index contributed by atoms with van der Waals surface area (Å²) in [6.07, 6.45) is -8.13. The van der Waals surface area contributed by atoms with E-state index in [0.29, 0.717) is 6.20 Å². The summed E-state index contributed by atoms with van der Waals surface area (Å²) in [4.78, 5) is 60.7. The number of rotatable bonds is 8. The number of alkyl halides is 2. The summed E-state index contributed by atoms with van der Waals surface area (Å²) < 4.78 is 79.1. The predicted octanol–water partition coefficient (Wildman–Crippen LogP) is -1.40. The summed E-state index contributed by atoms with van der Waals surface area (Å²) in [5.74, 6) is 3.37. The van der Waals surface area contributed by atoms with E-state index in [2.05, 4.69) is 18.2 Å². The van der Waals surface area contributed by atoms with Crippen molar-refractivity contribution in [3.8, 4) is 11.8 Å². The maximum absolute atomic E-state index is 15.6. The Morgan fingerprint density at radius 2 is 1.88 bits per heavy atom. The standard InChI is InChI=1S/C12H16F2N3O14P3/c1-6(29-33(24,25)31-34(26,27)30-32(21,22)23)8-9(19)12(14,3-2-4-13)10(28-8)17-11(20)16-7(18)5-15-17/h5-6,8-10,19H,4H2,1H3,(H,24,25)(H,26,27)(H,16,18,20)(H2,21,22,23)/t6-,8+,9-,10+,12?/m0/s1. The third-order valence-corrected chi connectivity index (χ3v) is 7.80. The first-order chi connectivity index (χ1) is 15.4. The molecule has 2 heterocycles. The number of hydrogen-bond acceptors (Lipinski definition) is 11. The number of hydrogen-bond donors (Lipinski definition) is 6. The first kappa shape index (κ1) is 28.6. The Balaban J connectivity index is 2.35. The fourth-order valence-electron chi connectivity index (χ4n) is 2.71. The van der Waals surface area contributed by atoms with Gasteiger partial charge in [0.2, 0.25) is 11.9 Å². The van der Waals surface area contributed by atoms with E-state index in [4.69, 9.17) is 14.5 Å². The minimum absolute atomic E-state index is 0.190. The van der Waals surface area contributed by atoms with Gasteiger partial charge in [0.1, 0.15) is 25.1 Å². The SMILES string of the molecule is C[C@H](OP(=O)(O)OP(=O)(O)OP(=O)(O)O)[C@H]1O[C@@H](n2ncc(=O)[nH]c2=O)C(F)(C#CCF)[C@H]1O. The molecule has 6 N–H and O–H groups in total. The number of aliphatic hydroxyl groups excluding tert-OH is 1. The molecule has 1 aromatic rings. The van der Waals surface area contributed by atoms with Crippen LogP contribution < -0.4 is 11.2 Å². The molecule has 1 saturated heterocycles. The number of aromatic amines is 1. The molecule has 0 bridgehead atoms. The lowest BCUT2D eigenvalue weighted by atomic mass is 9.94. The third-order valence-electron chi connectivity index (χ3n) is 3.87. The summed E-state index contributed by atoms with van der Waals surface area (Å²) in [6.45, 7) is -0.554. The van der Waals surface area contributed by atoms with E-state index < -0.39 is 71.6 Å². The maximum Gasteiger partial charge on any atom is 0.490 e.